The number of aliphatic hydroxyl groups excluding tert-OH is 1. The molecular weight excluding hydrogens is 210 g/mol. The van der Waals surface area contributed by atoms with Crippen LogP contribution in [0.1, 0.15) is 38.3 Å². The molecule has 0 radical (unpaired) electrons. The smallest absolute Gasteiger partial charge is 0.0708 e. The van der Waals surface area contributed by atoms with Gasteiger partial charge in [-0.2, -0.15) is 0 Å². The second-order valence-electron chi connectivity index (χ2n) is 5.34. The van der Waals surface area contributed by atoms with Crippen LogP contribution >= 0.6 is 0 Å². The van der Waals surface area contributed by atoms with Gasteiger partial charge < -0.3 is 5.11 Å². The van der Waals surface area contributed by atoms with Crippen LogP contribution in [0.25, 0.3) is 0 Å². The molecule has 17 heavy (non-hydrogen) atoms. The fourth-order valence-corrected chi connectivity index (χ4v) is 2.92. The Morgan fingerprint density at radius 1 is 1.29 bits per heavy atom. The van der Waals surface area contributed by atoms with Crippen molar-refractivity contribution in [1.29, 1.82) is 0 Å². The summed E-state index contributed by atoms with van der Waals surface area (Å²) in [6, 6.07) is 10.5. The lowest BCUT2D eigenvalue weighted by Crippen LogP contribution is -2.41. The molecular formula is C15H23NO. The summed E-state index contributed by atoms with van der Waals surface area (Å²) in [6.07, 6.45) is 2.25. The van der Waals surface area contributed by atoms with E-state index >= 15 is 0 Å². The quantitative estimate of drug-likeness (QED) is 0.867. The molecule has 0 aliphatic carbocycles. The van der Waals surface area contributed by atoms with Gasteiger partial charge in [-0.3, -0.25) is 4.90 Å². The molecule has 0 bridgehead atoms. The third-order valence-corrected chi connectivity index (χ3v) is 3.68. The average Bonchev–Trinajstić information content (AvgIpc) is 2.30. The van der Waals surface area contributed by atoms with Gasteiger partial charge >= 0.3 is 0 Å². The Bertz CT molecular complexity index is 336. The van der Waals surface area contributed by atoms with Gasteiger partial charge in [-0.1, -0.05) is 37.3 Å². The topological polar surface area (TPSA) is 23.5 Å². The normalized spacial score (nSPS) is 25.5. The van der Waals surface area contributed by atoms with E-state index in [-0.39, 0.29) is 12.1 Å². The Labute approximate surface area is 104 Å². The summed E-state index contributed by atoms with van der Waals surface area (Å²) in [7, 11) is 0. The summed E-state index contributed by atoms with van der Waals surface area (Å²) in [6.45, 7) is 6.41. The maximum atomic E-state index is 10.1. The summed E-state index contributed by atoms with van der Waals surface area (Å²) < 4.78 is 0. The first kappa shape index (κ1) is 12.6. The van der Waals surface area contributed by atoms with Crippen LogP contribution in [0.15, 0.2) is 30.3 Å². The van der Waals surface area contributed by atoms with Crippen molar-refractivity contribution < 1.29 is 5.11 Å². The molecule has 2 heteroatoms. The molecule has 1 aromatic rings. The zero-order chi connectivity index (χ0) is 12.3. The van der Waals surface area contributed by atoms with Crippen LogP contribution in [0.2, 0.25) is 0 Å². The predicted octanol–water partition coefficient (Wildman–Crippen LogP) is 2.84. The highest BCUT2D eigenvalue weighted by molar-refractivity contribution is 5.20. The Morgan fingerprint density at radius 2 is 2.00 bits per heavy atom. The van der Waals surface area contributed by atoms with Crippen molar-refractivity contribution in [2.45, 2.75) is 38.8 Å². The van der Waals surface area contributed by atoms with Gasteiger partial charge in [0, 0.05) is 6.54 Å². The predicted molar refractivity (Wildman–Crippen MR) is 70.8 cm³/mol. The van der Waals surface area contributed by atoms with Crippen LogP contribution in [0.4, 0.5) is 0 Å². The maximum Gasteiger partial charge on any atom is 0.0708 e. The molecule has 0 spiro atoms. The van der Waals surface area contributed by atoms with E-state index in [1.165, 1.54) is 18.4 Å². The van der Waals surface area contributed by atoms with E-state index in [0.29, 0.717) is 0 Å². The number of benzene rings is 1. The molecule has 1 fully saturated rings. The number of hydrogen-bond acceptors (Lipinski definition) is 2. The second kappa shape index (κ2) is 5.65. The Hall–Kier alpha value is -0.860. The van der Waals surface area contributed by atoms with Crippen molar-refractivity contribution in [2.75, 3.05) is 13.1 Å². The lowest BCUT2D eigenvalue weighted by molar-refractivity contribution is 0.0356. The first-order valence-electron chi connectivity index (χ1n) is 6.65. The van der Waals surface area contributed by atoms with Gasteiger partial charge in [0.15, 0.2) is 0 Å². The molecule has 1 aromatic carbocycles. The molecule has 1 unspecified atom stereocenters. The molecule has 0 saturated carbocycles. The lowest BCUT2D eigenvalue weighted by Gasteiger charge is -2.39. The highest BCUT2D eigenvalue weighted by atomic mass is 16.3. The van der Waals surface area contributed by atoms with Gasteiger partial charge in [0.25, 0.3) is 0 Å². The van der Waals surface area contributed by atoms with E-state index < -0.39 is 0 Å². The number of hydrogen-bond donors (Lipinski definition) is 1. The third kappa shape index (κ3) is 3.08. The van der Waals surface area contributed by atoms with Crippen LogP contribution in [-0.2, 0) is 0 Å². The molecule has 3 atom stereocenters. The SMILES string of the molecule is CC(O)[C@@H](c1ccccc1)N1CCC[C@H](C)C1. The Kier molecular flexibility index (Phi) is 4.19. The first-order valence-corrected chi connectivity index (χ1v) is 6.65. The van der Waals surface area contributed by atoms with Crippen LogP contribution in [0, 0.1) is 5.92 Å². The highest BCUT2D eigenvalue weighted by Gasteiger charge is 2.28. The minimum absolute atomic E-state index is 0.152. The van der Waals surface area contributed by atoms with Gasteiger partial charge in [-0.05, 0) is 37.8 Å². The largest absolute Gasteiger partial charge is 0.391 e. The number of rotatable bonds is 3. The van der Waals surface area contributed by atoms with Crippen molar-refractivity contribution in [3.63, 3.8) is 0 Å². The van der Waals surface area contributed by atoms with Crippen LogP contribution in [0.5, 0.6) is 0 Å². The van der Waals surface area contributed by atoms with E-state index in [0.717, 1.165) is 19.0 Å². The summed E-state index contributed by atoms with van der Waals surface area (Å²) >= 11 is 0. The zero-order valence-corrected chi connectivity index (χ0v) is 10.8. The van der Waals surface area contributed by atoms with E-state index in [1.54, 1.807) is 0 Å². The molecule has 1 aliphatic rings. The molecule has 0 aromatic heterocycles. The lowest BCUT2D eigenvalue weighted by atomic mass is 9.94. The first-order chi connectivity index (χ1) is 8.18. The molecule has 1 N–H and O–H groups in total. The number of nitrogens with zero attached hydrogens (tertiary/aromatic N) is 1. The summed E-state index contributed by atoms with van der Waals surface area (Å²) in [5.41, 5.74) is 1.23. The Balaban J connectivity index is 2.17. The maximum absolute atomic E-state index is 10.1. The molecule has 1 saturated heterocycles. The standard InChI is InChI=1S/C15H23NO/c1-12-7-6-10-16(11-12)15(13(2)17)14-8-4-3-5-9-14/h3-5,8-9,12-13,15,17H,6-7,10-11H2,1-2H3/t12-,13?,15-/m0/s1. The van der Waals surface area contributed by atoms with Gasteiger partial charge in [-0.15, -0.1) is 0 Å². The van der Waals surface area contributed by atoms with Crippen molar-refractivity contribution >= 4 is 0 Å². The monoisotopic (exact) mass is 233 g/mol. The molecule has 2 nitrogen and oxygen atoms in total. The van der Waals surface area contributed by atoms with E-state index in [2.05, 4.69) is 36.1 Å². The fraction of sp³-hybridized carbons (Fsp3) is 0.600. The highest BCUT2D eigenvalue weighted by Crippen LogP contribution is 2.29. The van der Waals surface area contributed by atoms with Crippen molar-refractivity contribution in [3.8, 4) is 0 Å². The van der Waals surface area contributed by atoms with Crippen LogP contribution in [0.3, 0.4) is 0 Å². The van der Waals surface area contributed by atoms with E-state index in [9.17, 15) is 5.11 Å². The van der Waals surface area contributed by atoms with Gasteiger partial charge in [0.2, 0.25) is 0 Å². The molecule has 0 amide bonds. The van der Waals surface area contributed by atoms with Gasteiger partial charge in [0.05, 0.1) is 12.1 Å². The summed E-state index contributed by atoms with van der Waals surface area (Å²) in [4.78, 5) is 2.44. The molecule has 2 rings (SSSR count). The van der Waals surface area contributed by atoms with Crippen LogP contribution < -0.4 is 0 Å². The average molecular weight is 233 g/mol. The van der Waals surface area contributed by atoms with Crippen molar-refractivity contribution in [2.24, 2.45) is 5.92 Å². The van der Waals surface area contributed by atoms with Gasteiger partial charge in [0.1, 0.15) is 0 Å². The minimum atomic E-state index is -0.317. The second-order valence-corrected chi connectivity index (χ2v) is 5.34. The molecule has 94 valence electrons. The van der Waals surface area contributed by atoms with E-state index in [1.807, 2.05) is 13.0 Å². The van der Waals surface area contributed by atoms with Crippen molar-refractivity contribution in [1.82, 2.24) is 4.90 Å². The third-order valence-electron chi connectivity index (χ3n) is 3.68. The summed E-state index contributed by atoms with van der Waals surface area (Å²) in [5, 5.41) is 10.1. The zero-order valence-electron chi connectivity index (χ0n) is 10.8. The molecule has 1 aliphatic heterocycles. The fourth-order valence-electron chi connectivity index (χ4n) is 2.92. The summed E-state index contributed by atoms with van der Waals surface area (Å²) in [5.74, 6) is 0.744. The molecule has 1 heterocycles. The number of piperidine rings is 1. The minimum Gasteiger partial charge on any atom is -0.391 e. The number of likely N-dealkylation sites (tertiary alicyclic amines) is 1. The Morgan fingerprint density at radius 3 is 2.59 bits per heavy atom. The number of aliphatic hydroxyl groups is 1. The van der Waals surface area contributed by atoms with Crippen LogP contribution in [-0.4, -0.2) is 29.2 Å². The van der Waals surface area contributed by atoms with Crippen molar-refractivity contribution in [3.05, 3.63) is 35.9 Å². The van der Waals surface area contributed by atoms with E-state index in [4.69, 9.17) is 0 Å². The van der Waals surface area contributed by atoms with Gasteiger partial charge in [-0.25, -0.2) is 0 Å².